The van der Waals surface area contributed by atoms with Gasteiger partial charge in [0.1, 0.15) is 6.04 Å². The van der Waals surface area contributed by atoms with Gasteiger partial charge in [0.2, 0.25) is 5.91 Å². The van der Waals surface area contributed by atoms with Gasteiger partial charge >= 0.3 is 0 Å². The average Bonchev–Trinajstić information content (AvgIpc) is 2.90. The molecule has 0 bridgehead atoms. The summed E-state index contributed by atoms with van der Waals surface area (Å²) < 4.78 is 0. The van der Waals surface area contributed by atoms with E-state index in [2.05, 4.69) is 17.0 Å². The highest BCUT2D eigenvalue weighted by Crippen LogP contribution is 2.32. The molecular formula is C18H22ClN3O. The van der Waals surface area contributed by atoms with Gasteiger partial charge in [0.25, 0.3) is 0 Å². The molecular weight excluding hydrogens is 310 g/mol. The molecule has 2 aromatic carbocycles. The minimum Gasteiger partial charge on any atom is -0.368 e. The monoisotopic (exact) mass is 331 g/mol. The van der Waals surface area contributed by atoms with Crippen molar-refractivity contribution in [1.82, 2.24) is 4.90 Å². The zero-order valence-electron chi connectivity index (χ0n) is 12.8. The number of nitrogens with two attached hydrogens (primary N) is 2. The smallest absolute Gasteiger partial charge is 0.239 e. The molecule has 0 saturated carbocycles. The zero-order valence-corrected chi connectivity index (χ0v) is 13.7. The number of likely N-dealkylation sites (tertiary alicyclic amines) is 1. The van der Waals surface area contributed by atoms with Gasteiger partial charge in [0.15, 0.2) is 0 Å². The van der Waals surface area contributed by atoms with Gasteiger partial charge in [-0.3, -0.25) is 9.69 Å². The zero-order chi connectivity index (χ0) is 15.5. The van der Waals surface area contributed by atoms with Crippen LogP contribution in [0, 0.1) is 0 Å². The molecule has 122 valence electrons. The Bertz CT molecular complexity index is 635. The summed E-state index contributed by atoms with van der Waals surface area (Å²) in [4.78, 5) is 14.1. The highest BCUT2D eigenvalue weighted by molar-refractivity contribution is 5.85. The molecule has 2 aromatic rings. The molecule has 1 saturated heterocycles. The van der Waals surface area contributed by atoms with Crippen LogP contribution >= 0.6 is 12.4 Å². The fraction of sp³-hybridized carbons (Fsp3) is 0.278. The number of carbonyl (C=O) groups excluding carboxylic acids is 1. The number of hydrogen-bond donors (Lipinski definition) is 2. The molecule has 0 aliphatic carbocycles. The largest absolute Gasteiger partial charge is 0.368 e. The third-order valence-corrected chi connectivity index (χ3v) is 4.37. The van der Waals surface area contributed by atoms with Crippen LogP contribution in [0.4, 0.5) is 0 Å². The summed E-state index contributed by atoms with van der Waals surface area (Å²) in [7, 11) is 0. The Balaban J connectivity index is 0.00000192. The van der Waals surface area contributed by atoms with E-state index in [9.17, 15) is 4.79 Å². The molecule has 3 atom stereocenters. The van der Waals surface area contributed by atoms with Crippen LogP contribution in [0.3, 0.4) is 0 Å². The predicted molar refractivity (Wildman–Crippen MR) is 94.4 cm³/mol. The minimum absolute atomic E-state index is 0. The number of primary amides is 1. The van der Waals surface area contributed by atoms with Gasteiger partial charge in [-0.2, -0.15) is 0 Å². The summed E-state index contributed by atoms with van der Waals surface area (Å²) >= 11 is 0. The van der Waals surface area contributed by atoms with Crippen LogP contribution in [0.2, 0.25) is 0 Å². The maximum atomic E-state index is 12.0. The first-order valence-corrected chi connectivity index (χ1v) is 7.55. The van der Waals surface area contributed by atoms with E-state index in [1.165, 1.54) is 5.56 Å². The lowest BCUT2D eigenvalue weighted by Crippen LogP contribution is -2.37. The van der Waals surface area contributed by atoms with Crippen LogP contribution in [0.1, 0.15) is 23.1 Å². The molecule has 3 rings (SSSR count). The van der Waals surface area contributed by atoms with Gasteiger partial charge in [0, 0.05) is 25.0 Å². The Labute approximate surface area is 142 Å². The van der Waals surface area contributed by atoms with Crippen LogP contribution in [-0.4, -0.2) is 29.9 Å². The molecule has 1 unspecified atom stereocenters. The Morgan fingerprint density at radius 2 is 1.57 bits per heavy atom. The lowest BCUT2D eigenvalue weighted by atomic mass is 9.95. The second kappa shape index (κ2) is 7.59. The van der Waals surface area contributed by atoms with E-state index < -0.39 is 6.04 Å². The van der Waals surface area contributed by atoms with Crippen LogP contribution in [0.25, 0.3) is 0 Å². The number of benzene rings is 2. The van der Waals surface area contributed by atoms with Crippen LogP contribution in [0.15, 0.2) is 60.7 Å². The van der Waals surface area contributed by atoms with Crippen LogP contribution in [0.5, 0.6) is 0 Å². The molecule has 4 nitrogen and oxygen atoms in total. The maximum Gasteiger partial charge on any atom is 0.239 e. The highest BCUT2D eigenvalue weighted by atomic mass is 35.5. The lowest BCUT2D eigenvalue weighted by Gasteiger charge is -2.25. The third kappa shape index (κ3) is 3.72. The first-order valence-electron chi connectivity index (χ1n) is 7.55. The van der Waals surface area contributed by atoms with Gasteiger partial charge in [-0.25, -0.2) is 0 Å². The molecule has 1 aliphatic heterocycles. The normalized spacial score (nSPS) is 22.3. The van der Waals surface area contributed by atoms with Crippen molar-refractivity contribution < 1.29 is 4.79 Å². The standard InChI is InChI=1S/C18H21N3O.ClH/c19-16-12-21(11-15(16)13-7-3-1-4-8-13)17(18(20)22)14-9-5-2-6-10-14;/h1-10,15-17H,11-12,19H2,(H2,20,22);1H/t15-,16+,17?;/m0./s1. The van der Waals surface area contributed by atoms with Crippen molar-refractivity contribution in [3.05, 3.63) is 71.8 Å². The van der Waals surface area contributed by atoms with Crippen LogP contribution in [-0.2, 0) is 4.79 Å². The van der Waals surface area contributed by atoms with Crippen molar-refractivity contribution in [2.45, 2.75) is 18.0 Å². The number of carbonyl (C=O) groups is 1. The Morgan fingerprint density at radius 1 is 1.00 bits per heavy atom. The number of hydrogen-bond acceptors (Lipinski definition) is 3. The number of rotatable bonds is 4. The number of halogens is 1. The number of nitrogens with zero attached hydrogens (tertiary/aromatic N) is 1. The van der Waals surface area contributed by atoms with Gasteiger partial charge in [0.05, 0.1) is 0 Å². The van der Waals surface area contributed by atoms with E-state index in [0.29, 0.717) is 6.54 Å². The van der Waals surface area contributed by atoms with Crippen molar-refractivity contribution in [2.75, 3.05) is 13.1 Å². The molecule has 1 fully saturated rings. The summed E-state index contributed by atoms with van der Waals surface area (Å²) in [5, 5.41) is 0. The molecule has 0 spiro atoms. The molecule has 5 heteroatoms. The molecule has 1 amide bonds. The van der Waals surface area contributed by atoms with Crippen LogP contribution < -0.4 is 11.5 Å². The van der Waals surface area contributed by atoms with E-state index >= 15 is 0 Å². The van der Waals surface area contributed by atoms with E-state index in [4.69, 9.17) is 11.5 Å². The minimum atomic E-state index is -0.416. The Hall–Kier alpha value is -1.88. The van der Waals surface area contributed by atoms with Crippen molar-refractivity contribution >= 4 is 18.3 Å². The fourth-order valence-electron chi connectivity index (χ4n) is 3.31. The molecule has 1 heterocycles. The summed E-state index contributed by atoms with van der Waals surface area (Å²) in [5.41, 5.74) is 14.1. The van der Waals surface area contributed by atoms with E-state index in [1.54, 1.807) is 0 Å². The fourth-order valence-corrected chi connectivity index (χ4v) is 3.31. The van der Waals surface area contributed by atoms with Gasteiger partial charge in [-0.05, 0) is 11.1 Å². The second-order valence-corrected chi connectivity index (χ2v) is 5.85. The van der Waals surface area contributed by atoms with Gasteiger partial charge in [-0.1, -0.05) is 60.7 Å². The first kappa shape index (κ1) is 17.5. The number of amides is 1. The molecule has 0 aromatic heterocycles. The molecule has 4 N–H and O–H groups in total. The highest BCUT2D eigenvalue weighted by Gasteiger charge is 2.37. The Morgan fingerprint density at radius 3 is 2.13 bits per heavy atom. The van der Waals surface area contributed by atoms with Crippen molar-refractivity contribution in [3.8, 4) is 0 Å². The van der Waals surface area contributed by atoms with E-state index in [-0.39, 0.29) is 30.3 Å². The summed E-state index contributed by atoms with van der Waals surface area (Å²) in [6.45, 7) is 1.41. The van der Waals surface area contributed by atoms with E-state index in [1.807, 2.05) is 48.5 Å². The SMILES string of the molecule is Cl.NC(=O)C(c1ccccc1)N1C[C@@H](N)[C@H](c2ccccc2)C1. The molecule has 0 radical (unpaired) electrons. The maximum absolute atomic E-state index is 12.0. The second-order valence-electron chi connectivity index (χ2n) is 5.85. The van der Waals surface area contributed by atoms with Crippen molar-refractivity contribution in [3.63, 3.8) is 0 Å². The topological polar surface area (TPSA) is 72.4 Å². The third-order valence-electron chi connectivity index (χ3n) is 4.37. The van der Waals surface area contributed by atoms with Gasteiger partial charge < -0.3 is 11.5 Å². The average molecular weight is 332 g/mol. The summed E-state index contributed by atoms with van der Waals surface area (Å²) in [5.74, 6) is -0.0983. The summed E-state index contributed by atoms with van der Waals surface area (Å²) in [6, 6.07) is 19.5. The Kier molecular flexibility index (Phi) is 5.77. The molecule has 23 heavy (non-hydrogen) atoms. The van der Waals surface area contributed by atoms with E-state index in [0.717, 1.165) is 12.1 Å². The first-order chi connectivity index (χ1) is 10.7. The predicted octanol–water partition coefficient (Wildman–Crippen LogP) is 2.06. The lowest BCUT2D eigenvalue weighted by molar-refractivity contribution is -0.123. The van der Waals surface area contributed by atoms with Gasteiger partial charge in [-0.15, -0.1) is 12.4 Å². The molecule has 1 aliphatic rings. The van der Waals surface area contributed by atoms with Crippen molar-refractivity contribution in [2.24, 2.45) is 11.5 Å². The quantitative estimate of drug-likeness (QED) is 0.900. The van der Waals surface area contributed by atoms with Crippen molar-refractivity contribution in [1.29, 1.82) is 0 Å². The summed E-state index contributed by atoms with van der Waals surface area (Å²) in [6.07, 6.45) is 0.